The van der Waals surface area contributed by atoms with Crippen molar-refractivity contribution < 1.29 is 13.2 Å². The van der Waals surface area contributed by atoms with E-state index in [0.717, 1.165) is 24.3 Å². The van der Waals surface area contributed by atoms with E-state index in [4.69, 9.17) is 0 Å². The Hall–Kier alpha value is -0.960. The quantitative estimate of drug-likeness (QED) is 0.826. The Kier molecular flexibility index (Phi) is 4.24. The van der Waals surface area contributed by atoms with Crippen LogP contribution in [0.2, 0.25) is 0 Å². The number of hydrogen-bond donors (Lipinski definition) is 2. The van der Waals surface area contributed by atoms with Crippen molar-refractivity contribution in [1.29, 1.82) is 0 Å². The smallest absolute Gasteiger partial charge is 0.261 e. The predicted molar refractivity (Wildman–Crippen MR) is 73.9 cm³/mol. The van der Waals surface area contributed by atoms with Crippen molar-refractivity contribution in [3.63, 3.8) is 0 Å². The van der Waals surface area contributed by atoms with Gasteiger partial charge in [0.15, 0.2) is 0 Å². The van der Waals surface area contributed by atoms with Crippen molar-refractivity contribution in [1.82, 2.24) is 14.9 Å². The topological polar surface area (TPSA) is 78.5 Å². The molecular weight excluding hydrogens is 286 g/mol. The Morgan fingerprint density at radius 1 is 1.53 bits per heavy atom. The van der Waals surface area contributed by atoms with Crippen molar-refractivity contribution in [3.05, 3.63) is 16.3 Å². The highest BCUT2D eigenvalue weighted by molar-refractivity contribution is 7.89. The summed E-state index contributed by atoms with van der Waals surface area (Å²) in [7, 11) is -0.0567. The van der Waals surface area contributed by atoms with E-state index in [2.05, 4.69) is 14.9 Å². The highest BCUT2D eigenvalue weighted by Crippen LogP contribution is 2.20. The highest BCUT2D eigenvalue weighted by atomic mass is 32.2. The number of rotatable bonds is 4. The van der Waals surface area contributed by atoms with Gasteiger partial charge in [0, 0.05) is 25.0 Å². The molecule has 1 saturated heterocycles. The van der Waals surface area contributed by atoms with Gasteiger partial charge in [-0.3, -0.25) is 4.79 Å². The van der Waals surface area contributed by atoms with Gasteiger partial charge in [0.05, 0.1) is 9.77 Å². The van der Waals surface area contributed by atoms with Crippen LogP contribution < -0.4 is 10.0 Å². The van der Waals surface area contributed by atoms with Crippen LogP contribution in [0.1, 0.15) is 16.1 Å². The van der Waals surface area contributed by atoms with Crippen molar-refractivity contribution in [3.8, 4) is 0 Å². The number of carbonyl (C=O) groups is 1. The summed E-state index contributed by atoms with van der Waals surface area (Å²) in [6.07, 6.45) is 0.808. The molecule has 19 heavy (non-hydrogen) atoms. The summed E-state index contributed by atoms with van der Waals surface area (Å²) in [5.74, 6) is -0.271. The van der Waals surface area contributed by atoms with Gasteiger partial charge < -0.3 is 10.2 Å². The lowest BCUT2D eigenvalue weighted by Crippen LogP contribution is -2.36. The normalized spacial score (nSPS) is 20.6. The third-order valence-corrected chi connectivity index (χ3v) is 5.63. The van der Waals surface area contributed by atoms with Crippen LogP contribution in [-0.4, -0.2) is 52.5 Å². The molecule has 1 amide bonds. The number of hydrogen-bond acceptors (Lipinski definition) is 5. The fourth-order valence-corrected chi connectivity index (χ4v) is 4.50. The molecule has 1 aromatic rings. The number of sulfonamides is 1. The first-order valence-electron chi connectivity index (χ1n) is 5.94. The average Bonchev–Trinajstić information content (AvgIpc) is 2.97. The molecular formula is C11H17N3O3S2. The third kappa shape index (κ3) is 3.33. The molecule has 0 spiro atoms. The largest absolute Gasteiger partial charge is 0.354 e. The molecule has 2 N–H and O–H groups in total. The van der Waals surface area contributed by atoms with Gasteiger partial charge >= 0.3 is 0 Å². The summed E-state index contributed by atoms with van der Waals surface area (Å²) in [4.78, 5) is 14.1. The van der Waals surface area contributed by atoms with E-state index in [9.17, 15) is 13.2 Å². The van der Waals surface area contributed by atoms with Crippen LogP contribution in [0.4, 0.5) is 0 Å². The minimum absolute atomic E-state index is 0.0571. The molecule has 1 fully saturated rings. The lowest BCUT2D eigenvalue weighted by atomic mass is 10.3. The Morgan fingerprint density at radius 2 is 2.26 bits per heavy atom. The van der Waals surface area contributed by atoms with Gasteiger partial charge in [0.25, 0.3) is 5.91 Å². The lowest BCUT2D eigenvalue weighted by Gasteiger charge is -2.12. The summed E-state index contributed by atoms with van der Waals surface area (Å²) in [6.45, 7) is 1.60. The summed E-state index contributed by atoms with van der Waals surface area (Å²) in [5.41, 5.74) is 0. The molecule has 0 saturated carbocycles. The van der Waals surface area contributed by atoms with Crippen LogP contribution in [0, 0.1) is 0 Å². The predicted octanol–water partition coefficient (Wildman–Crippen LogP) is 0.0901. The fourth-order valence-electron chi connectivity index (χ4n) is 2.02. The van der Waals surface area contributed by atoms with Crippen molar-refractivity contribution in [2.45, 2.75) is 17.4 Å². The maximum Gasteiger partial charge on any atom is 0.261 e. The number of carbonyl (C=O) groups excluding carboxylic acids is 1. The van der Waals surface area contributed by atoms with Gasteiger partial charge in [0.2, 0.25) is 10.0 Å². The number of likely N-dealkylation sites (tertiary alicyclic amines) is 1. The average molecular weight is 303 g/mol. The molecule has 1 aliphatic rings. The van der Waals surface area contributed by atoms with Crippen molar-refractivity contribution in [2.75, 3.05) is 27.2 Å². The summed E-state index contributed by atoms with van der Waals surface area (Å²) < 4.78 is 27.0. The Balaban J connectivity index is 2.11. The summed E-state index contributed by atoms with van der Waals surface area (Å²) in [5, 5.41) is 3.97. The van der Waals surface area contributed by atoms with Crippen LogP contribution in [-0.2, 0) is 10.0 Å². The van der Waals surface area contributed by atoms with Crippen molar-refractivity contribution >= 4 is 27.3 Å². The molecule has 0 aromatic carbocycles. The molecule has 6 nitrogen and oxygen atoms in total. The standard InChI is InChI=1S/C11H17N3O3S2/c1-12-11(15)10-5-9(7-18-10)19(16,17)13-8-3-4-14(2)6-8/h5,7-8,13H,3-4,6H2,1-2H3,(H,12,15). The zero-order valence-corrected chi connectivity index (χ0v) is 12.5. The SMILES string of the molecule is CNC(=O)c1cc(S(=O)(=O)NC2CCN(C)C2)cs1. The first-order valence-corrected chi connectivity index (χ1v) is 8.30. The van der Waals surface area contributed by atoms with Crippen LogP contribution in [0.3, 0.4) is 0 Å². The Labute approximate surface area is 116 Å². The first-order chi connectivity index (χ1) is 8.92. The molecule has 0 radical (unpaired) electrons. The molecule has 2 rings (SSSR count). The fraction of sp³-hybridized carbons (Fsp3) is 0.545. The second kappa shape index (κ2) is 5.58. The van der Waals surface area contributed by atoms with Gasteiger partial charge in [-0.25, -0.2) is 13.1 Å². The first kappa shape index (κ1) is 14.4. The van der Waals surface area contributed by atoms with Crippen LogP contribution in [0.5, 0.6) is 0 Å². The van der Waals surface area contributed by atoms with Gasteiger partial charge in [0.1, 0.15) is 0 Å². The lowest BCUT2D eigenvalue weighted by molar-refractivity contribution is 0.0967. The van der Waals surface area contributed by atoms with Crippen LogP contribution >= 0.6 is 11.3 Å². The van der Waals surface area contributed by atoms with Crippen LogP contribution in [0.15, 0.2) is 16.3 Å². The Bertz CT molecular complexity index is 567. The summed E-state index contributed by atoms with van der Waals surface area (Å²) >= 11 is 1.13. The van der Waals surface area contributed by atoms with Crippen molar-refractivity contribution in [2.24, 2.45) is 0 Å². The number of nitrogens with zero attached hydrogens (tertiary/aromatic N) is 1. The molecule has 8 heteroatoms. The molecule has 1 atom stereocenters. The molecule has 1 aliphatic heterocycles. The maximum atomic E-state index is 12.2. The van der Waals surface area contributed by atoms with Gasteiger partial charge in [-0.05, 0) is 26.1 Å². The van der Waals surface area contributed by atoms with Crippen LogP contribution in [0.25, 0.3) is 0 Å². The van der Waals surface area contributed by atoms with E-state index < -0.39 is 10.0 Å². The van der Waals surface area contributed by atoms with E-state index in [-0.39, 0.29) is 16.8 Å². The minimum atomic E-state index is -3.53. The number of likely N-dealkylation sites (N-methyl/N-ethyl adjacent to an activating group) is 1. The zero-order chi connectivity index (χ0) is 14.0. The molecule has 0 aliphatic carbocycles. The summed E-state index contributed by atoms with van der Waals surface area (Å²) in [6, 6.07) is 1.35. The maximum absolute atomic E-state index is 12.2. The molecule has 2 heterocycles. The molecule has 106 valence electrons. The van der Waals surface area contributed by atoms with E-state index >= 15 is 0 Å². The van der Waals surface area contributed by atoms with E-state index in [1.165, 1.54) is 18.5 Å². The Morgan fingerprint density at radius 3 is 2.84 bits per heavy atom. The van der Waals surface area contributed by atoms with E-state index in [1.54, 1.807) is 0 Å². The van der Waals surface area contributed by atoms with E-state index in [1.807, 2.05) is 7.05 Å². The molecule has 1 unspecified atom stereocenters. The second-order valence-corrected chi connectivity index (χ2v) is 7.22. The molecule has 0 bridgehead atoms. The monoisotopic (exact) mass is 303 g/mol. The highest BCUT2D eigenvalue weighted by Gasteiger charge is 2.26. The van der Waals surface area contributed by atoms with Gasteiger partial charge in [-0.2, -0.15) is 0 Å². The molecule has 1 aromatic heterocycles. The second-order valence-electron chi connectivity index (χ2n) is 4.59. The third-order valence-electron chi connectivity index (χ3n) is 3.05. The van der Waals surface area contributed by atoms with Gasteiger partial charge in [-0.15, -0.1) is 11.3 Å². The zero-order valence-electron chi connectivity index (χ0n) is 10.8. The van der Waals surface area contributed by atoms with E-state index in [0.29, 0.717) is 11.4 Å². The number of nitrogens with one attached hydrogen (secondary N) is 2. The minimum Gasteiger partial charge on any atom is -0.354 e. The number of amides is 1. The number of thiophene rings is 1. The van der Waals surface area contributed by atoms with Gasteiger partial charge in [-0.1, -0.05) is 0 Å².